The number of nitrogens with two attached hydrogens (primary N) is 1. The molecule has 3 aromatic carbocycles. The summed E-state index contributed by atoms with van der Waals surface area (Å²) in [7, 11) is 0. The van der Waals surface area contributed by atoms with Crippen molar-refractivity contribution in [1.29, 1.82) is 0 Å². The molecule has 0 bridgehead atoms. The normalized spacial score (nSPS) is 11.5. The van der Waals surface area contributed by atoms with Gasteiger partial charge in [0.25, 0.3) is 5.95 Å². The first kappa shape index (κ1) is 22.3. The highest BCUT2D eigenvalue weighted by atomic mass is 32.2. The number of nitrogen functional groups attached to an aromatic ring is 1. The van der Waals surface area contributed by atoms with Crippen molar-refractivity contribution in [3.05, 3.63) is 77.4 Å². The molecule has 0 aliphatic heterocycles. The Kier molecular flexibility index (Phi) is 6.60. The fraction of sp³-hybridized carbons (Fsp3) is 0.167. The first-order valence-electron chi connectivity index (χ1n) is 10.4. The van der Waals surface area contributed by atoms with Crippen LogP contribution in [0.25, 0.3) is 10.8 Å². The van der Waals surface area contributed by atoms with Crippen LogP contribution in [0.3, 0.4) is 0 Å². The monoisotopic (exact) mass is 459 g/mol. The molecule has 0 aliphatic carbocycles. The highest BCUT2D eigenvalue weighted by Crippen LogP contribution is 2.20. The number of nitrogens with one attached hydrogen (secondary N) is 2. The number of amides is 1. The fourth-order valence-electron chi connectivity index (χ4n) is 3.25. The molecule has 0 fully saturated rings. The Labute approximate surface area is 196 Å². The van der Waals surface area contributed by atoms with Gasteiger partial charge >= 0.3 is 0 Å². The van der Waals surface area contributed by atoms with Gasteiger partial charge in [-0.15, -0.1) is 10.2 Å². The highest BCUT2D eigenvalue weighted by Gasteiger charge is 2.13. The third-order valence-electron chi connectivity index (χ3n) is 5.15. The average molecular weight is 460 g/mol. The maximum Gasteiger partial charge on any atom is 0.264 e. The van der Waals surface area contributed by atoms with E-state index in [4.69, 9.17) is 5.84 Å². The maximum atomic E-state index is 12.4. The van der Waals surface area contributed by atoms with Crippen LogP contribution in [0.2, 0.25) is 0 Å². The van der Waals surface area contributed by atoms with Gasteiger partial charge in [0.05, 0.1) is 11.5 Å². The number of carbonyl (C=O) groups is 1. The Morgan fingerprint density at radius 1 is 1.06 bits per heavy atom. The van der Waals surface area contributed by atoms with Crippen LogP contribution in [0.5, 0.6) is 0 Å². The molecular weight excluding hydrogens is 434 g/mol. The average Bonchev–Trinajstić information content (AvgIpc) is 3.17. The van der Waals surface area contributed by atoms with Crippen LogP contribution >= 0.6 is 11.8 Å². The number of aryl methyl sites for hydroxylation is 2. The topological polar surface area (TPSA) is 110 Å². The summed E-state index contributed by atoms with van der Waals surface area (Å²) < 4.78 is 1.28. The molecule has 0 saturated carbocycles. The largest absolute Gasteiger partial charge is 0.334 e. The smallest absolute Gasteiger partial charge is 0.264 e. The Hall–Kier alpha value is -3.85. The second-order valence-corrected chi connectivity index (χ2v) is 8.64. The number of hydrogen-bond acceptors (Lipinski definition) is 7. The summed E-state index contributed by atoms with van der Waals surface area (Å²) >= 11 is 1.20. The molecule has 8 nitrogen and oxygen atoms in total. The van der Waals surface area contributed by atoms with E-state index in [1.807, 2.05) is 57.2 Å². The Balaban J connectivity index is 1.37. The number of thioether (sulfide) groups is 1. The van der Waals surface area contributed by atoms with Gasteiger partial charge in [-0.05, 0) is 60.4 Å². The number of nitrogens with zero attached hydrogens (tertiary/aromatic N) is 4. The second-order valence-electron chi connectivity index (χ2n) is 7.70. The molecule has 0 saturated heterocycles. The van der Waals surface area contributed by atoms with Gasteiger partial charge < -0.3 is 11.2 Å². The van der Waals surface area contributed by atoms with Crippen molar-refractivity contribution in [3.8, 4) is 0 Å². The number of benzene rings is 3. The maximum absolute atomic E-state index is 12.4. The molecule has 0 aliphatic rings. The third-order valence-corrected chi connectivity index (χ3v) is 6.10. The van der Waals surface area contributed by atoms with Gasteiger partial charge in [0.15, 0.2) is 0 Å². The van der Waals surface area contributed by atoms with E-state index in [0.717, 1.165) is 33.5 Å². The quantitative estimate of drug-likeness (QED) is 0.164. The zero-order valence-corrected chi connectivity index (χ0v) is 19.5. The van der Waals surface area contributed by atoms with Gasteiger partial charge in [-0.3, -0.25) is 4.79 Å². The minimum atomic E-state index is -0.142. The Bertz CT molecular complexity index is 1350. The number of carbonyl (C=O) groups excluding carboxylic acids is 1. The minimum Gasteiger partial charge on any atom is -0.334 e. The number of rotatable bonds is 7. The lowest BCUT2D eigenvalue weighted by atomic mass is 10.0. The van der Waals surface area contributed by atoms with Gasteiger partial charge in [0.1, 0.15) is 0 Å². The van der Waals surface area contributed by atoms with E-state index in [1.165, 1.54) is 21.8 Å². The molecule has 0 unspecified atom stereocenters. The molecule has 0 spiro atoms. The number of anilines is 2. The molecule has 4 rings (SSSR count). The number of fused-ring (bicyclic) bond motifs is 1. The van der Waals surface area contributed by atoms with Crippen LogP contribution in [-0.2, 0) is 4.79 Å². The van der Waals surface area contributed by atoms with Crippen molar-refractivity contribution in [3.63, 3.8) is 0 Å². The molecule has 4 N–H and O–H groups in total. The van der Waals surface area contributed by atoms with E-state index in [0.29, 0.717) is 5.16 Å². The first-order chi connectivity index (χ1) is 15.9. The predicted octanol–water partition coefficient (Wildman–Crippen LogP) is 4.33. The zero-order chi connectivity index (χ0) is 23.4. The van der Waals surface area contributed by atoms with Crippen LogP contribution < -0.4 is 16.6 Å². The lowest BCUT2D eigenvalue weighted by molar-refractivity contribution is -0.113. The van der Waals surface area contributed by atoms with Crippen molar-refractivity contribution in [2.24, 2.45) is 5.10 Å². The van der Waals surface area contributed by atoms with Crippen LogP contribution in [0.15, 0.2) is 70.9 Å². The standard InChI is InChI=1S/C24H25N7OS/c1-15-8-9-16(2)21(12-15)26-22(32)14-33-24-30-29-23(31(24)25)28-27-17(3)19-11-10-18-6-4-5-7-20(18)13-19/h4-13H,14,25H2,1-3H3,(H,26,32)(H,28,29)/b27-17+. The summed E-state index contributed by atoms with van der Waals surface area (Å²) in [6.45, 7) is 5.85. The Morgan fingerprint density at radius 3 is 2.67 bits per heavy atom. The molecule has 4 aromatic rings. The lowest BCUT2D eigenvalue weighted by Crippen LogP contribution is -2.17. The summed E-state index contributed by atoms with van der Waals surface area (Å²) in [5.41, 5.74) is 7.52. The van der Waals surface area contributed by atoms with E-state index in [-0.39, 0.29) is 17.6 Å². The third kappa shape index (κ3) is 5.32. The van der Waals surface area contributed by atoms with Crippen LogP contribution in [0.4, 0.5) is 11.6 Å². The van der Waals surface area contributed by atoms with Gasteiger partial charge in [-0.2, -0.15) is 5.10 Å². The molecule has 0 radical (unpaired) electrons. The predicted molar refractivity (Wildman–Crippen MR) is 135 cm³/mol. The first-order valence-corrected chi connectivity index (χ1v) is 11.4. The van der Waals surface area contributed by atoms with E-state index in [2.05, 4.69) is 50.3 Å². The van der Waals surface area contributed by atoms with Crippen LogP contribution in [-0.4, -0.2) is 32.2 Å². The fourth-order valence-corrected chi connectivity index (χ4v) is 3.91. The van der Waals surface area contributed by atoms with Crippen molar-refractivity contribution >= 4 is 45.8 Å². The summed E-state index contributed by atoms with van der Waals surface area (Å²) in [5.74, 6) is 6.39. The summed E-state index contributed by atoms with van der Waals surface area (Å²) in [6.07, 6.45) is 0. The number of hydrogen-bond donors (Lipinski definition) is 3. The van der Waals surface area contributed by atoms with Crippen molar-refractivity contribution in [1.82, 2.24) is 14.9 Å². The summed E-state index contributed by atoms with van der Waals surface area (Å²) in [6, 6.07) is 20.3. The SMILES string of the molecule is C/C(=N\Nc1nnc(SCC(=O)Nc2cc(C)ccc2C)n1N)c1ccc2ccccc2c1. The zero-order valence-electron chi connectivity index (χ0n) is 18.7. The van der Waals surface area contributed by atoms with Gasteiger partial charge in [-0.25, -0.2) is 10.1 Å². The van der Waals surface area contributed by atoms with Crippen molar-refractivity contribution < 1.29 is 4.79 Å². The van der Waals surface area contributed by atoms with E-state index in [9.17, 15) is 4.79 Å². The van der Waals surface area contributed by atoms with Gasteiger partial charge in [0, 0.05) is 5.69 Å². The van der Waals surface area contributed by atoms with E-state index < -0.39 is 0 Å². The summed E-state index contributed by atoms with van der Waals surface area (Å²) in [5, 5.41) is 18.1. The molecular formula is C24H25N7OS. The van der Waals surface area contributed by atoms with E-state index in [1.54, 1.807) is 0 Å². The molecule has 1 heterocycles. The van der Waals surface area contributed by atoms with E-state index >= 15 is 0 Å². The van der Waals surface area contributed by atoms with Crippen LogP contribution in [0.1, 0.15) is 23.6 Å². The van der Waals surface area contributed by atoms with Crippen LogP contribution in [0, 0.1) is 13.8 Å². The molecule has 1 aromatic heterocycles. The van der Waals surface area contributed by atoms with Gasteiger partial charge in [0.2, 0.25) is 11.1 Å². The lowest BCUT2D eigenvalue weighted by Gasteiger charge is -2.09. The second kappa shape index (κ2) is 9.74. The number of hydrazone groups is 1. The van der Waals surface area contributed by atoms with Gasteiger partial charge in [-0.1, -0.05) is 60.3 Å². The van der Waals surface area contributed by atoms with Crippen molar-refractivity contribution in [2.45, 2.75) is 25.9 Å². The highest BCUT2D eigenvalue weighted by molar-refractivity contribution is 7.99. The molecule has 0 atom stereocenters. The summed E-state index contributed by atoms with van der Waals surface area (Å²) in [4.78, 5) is 12.4. The Morgan fingerprint density at radius 2 is 1.85 bits per heavy atom. The molecule has 1 amide bonds. The molecule has 168 valence electrons. The molecule has 9 heteroatoms. The number of aromatic nitrogens is 3. The molecule has 33 heavy (non-hydrogen) atoms. The minimum absolute atomic E-state index is 0.142. The van der Waals surface area contributed by atoms with Crippen molar-refractivity contribution in [2.75, 3.05) is 22.3 Å².